The Morgan fingerprint density at radius 2 is 2.00 bits per heavy atom. The van der Waals surface area contributed by atoms with E-state index in [1.807, 2.05) is 31.1 Å². The van der Waals surface area contributed by atoms with E-state index >= 15 is 0 Å². The summed E-state index contributed by atoms with van der Waals surface area (Å²) in [7, 11) is 3.82. The van der Waals surface area contributed by atoms with E-state index in [0.29, 0.717) is 32.2 Å². The minimum absolute atomic E-state index is 0.0489. The first-order valence-corrected chi connectivity index (χ1v) is 7.85. The molecule has 2 rings (SSSR count). The van der Waals surface area contributed by atoms with E-state index in [4.69, 9.17) is 5.11 Å². The van der Waals surface area contributed by atoms with Crippen molar-refractivity contribution in [1.29, 1.82) is 0 Å². The number of amides is 2. The van der Waals surface area contributed by atoms with Crippen molar-refractivity contribution >= 4 is 17.8 Å². The number of rotatable bonds is 5. The molecule has 0 unspecified atom stereocenters. The van der Waals surface area contributed by atoms with Crippen LogP contribution in [0.4, 0.5) is 10.6 Å². The zero-order valence-electron chi connectivity index (χ0n) is 13.6. The Kier molecular flexibility index (Phi) is 5.78. The molecule has 126 valence electrons. The van der Waals surface area contributed by atoms with Gasteiger partial charge in [-0.05, 0) is 31.7 Å². The van der Waals surface area contributed by atoms with Crippen molar-refractivity contribution in [3.8, 4) is 0 Å². The molecule has 1 fully saturated rings. The third kappa shape index (κ3) is 4.84. The molecule has 1 saturated carbocycles. The maximum atomic E-state index is 12.0. The summed E-state index contributed by atoms with van der Waals surface area (Å²) in [6.45, 7) is 0.400. The van der Waals surface area contributed by atoms with Crippen LogP contribution in [-0.2, 0) is 11.3 Å². The quantitative estimate of drug-likeness (QED) is 0.766. The third-order valence-electron chi connectivity index (χ3n) is 4.14. The summed E-state index contributed by atoms with van der Waals surface area (Å²) in [6.07, 6.45) is 4.38. The van der Waals surface area contributed by atoms with Gasteiger partial charge in [-0.1, -0.05) is 6.07 Å². The molecule has 0 bridgehead atoms. The number of hydrogen-bond acceptors (Lipinski definition) is 4. The van der Waals surface area contributed by atoms with Crippen molar-refractivity contribution in [2.24, 2.45) is 5.92 Å². The molecule has 2 amide bonds. The monoisotopic (exact) mass is 320 g/mol. The molecule has 1 aromatic heterocycles. The Hall–Kier alpha value is -2.31. The van der Waals surface area contributed by atoms with Crippen LogP contribution in [0.1, 0.15) is 31.2 Å². The van der Waals surface area contributed by atoms with Crippen LogP contribution in [0.25, 0.3) is 0 Å². The molecule has 0 aromatic carbocycles. The number of anilines is 1. The van der Waals surface area contributed by atoms with Crippen molar-refractivity contribution in [3.63, 3.8) is 0 Å². The van der Waals surface area contributed by atoms with Crippen LogP contribution >= 0.6 is 0 Å². The Morgan fingerprint density at radius 1 is 1.30 bits per heavy atom. The molecule has 1 aliphatic carbocycles. The van der Waals surface area contributed by atoms with Crippen LogP contribution in [0.3, 0.4) is 0 Å². The third-order valence-corrected chi connectivity index (χ3v) is 4.14. The van der Waals surface area contributed by atoms with Gasteiger partial charge in [0, 0.05) is 38.4 Å². The molecule has 7 nitrogen and oxygen atoms in total. The Labute approximate surface area is 136 Å². The molecule has 0 atom stereocenters. The summed E-state index contributed by atoms with van der Waals surface area (Å²) < 4.78 is 0. The molecule has 0 radical (unpaired) electrons. The van der Waals surface area contributed by atoms with Crippen LogP contribution < -0.4 is 15.5 Å². The predicted octanol–water partition coefficient (Wildman–Crippen LogP) is 1.59. The number of carboxylic acid groups (broad SMARTS) is 1. The van der Waals surface area contributed by atoms with E-state index in [1.165, 1.54) is 0 Å². The Bertz CT molecular complexity index is 554. The number of aromatic nitrogens is 1. The van der Waals surface area contributed by atoms with Crippen LogP contribution in [0, 0.1) is 5.92 Å². The lowest BCUT2D eigenvalue weighted by molar-refractivity contribution is -0.142. The summed E-state index contributed by atoms with van der Waals surface area (Å²) in [5.41, 5.74) is 0.947. The van der Waals surface area contributed by atoms with Crippen LogP contribution in [0.15, 0.2) is 18.3 Å². The second-order valence-corrected chi connectivity index (χ2v) is 6.09. The molecule has 1 aliphatic rings. The SMILES string of the molecule is CN(C)c1ncccc1CNC(=O)NC1CCC(C(=O)O)CC1. The summed E-state index contributed by atoms with van der Waals surface area (Å²) in [5, 5.41) is 14.7. The number of hydrogen-bond donors (Lipinski definition) is 3. The molecule has 0 saturated heterocycles. The fourth-order valence-electron chi connectivity index (χ4n) is 2.87. The normalized spacial score (nSPS) is 20.6. The summed E-state index contributed by atoms with van der Waals surface area (Å²) in [4.78, 5) is 29.1. The number of carbonyl (C=O) groups is 2. The fourth-order valence-corrected chi connectivity index (χ4v) is 2.87. The number of nitrogens with zero attached hydrogens (tertiary/aromatic N) is 2. The summed E-state index contributed by atoms with van der Waals surface area (Å²) >= 11 is 0. The lowest BCUT2D eigenvalue weighted by Gasteiger charge is -2.27. The van der Waals surface area contributed by atoms with E-state index in [-0.39, 0.29) is 18.0 Å². The van der Waals surface area contributed by atoms with Gasteiger partial charge in [-0.15, -0.1) is 0 Å². The fraction of sp³-hybridized carbons (Fsp3) is 0.562. The Balaban J connectivity index is 1.79. The predicted molar refractivity (Wildman–Crippen MR) is 87.3 cm³/mol. The number of nitrogens with one attached hydrogen (secondary N) is 2. The van der Waals surface area contributed by atoms with Crippen molar-refractivity contribution in [3.05, 3.63) is 23.9 Å². The zero-order valence-corrected chi connectivity index (χ0v) is 13.6. The molecule has 1 heterocycles. The topological polar surface area (TPSA) is 94.6 Å². The van der Waals surface area contributed by atoms with Gasteiger partial charge in [-0.3, -0.25) is 4.79 Å². The number of carbonyl (C=O) groups excluding carboxylic acids is 1. The average molecular weight is 320 g/mol. The largest absolute Gasteiger partial charge is 0.481 e. The van der Waals surface area contributed by atoms with Gasteiger partial charge >= 0.3 is 12.0 Å². The van der Waals surface area contributed by atoms with E-state index in [1.54, 1.807) is 6.20 Å². The lowest BCUT2D eigenvalue weighted by Crippen LogP contribution is -2.44. The summed E-state index contributed by atoms with van der Waals surface area (Å²) in [5.74, 6) is -0.176. The van der Waals surface area contributed by atoms with E-state index < -0.39 is 5.97 Å². The molecule has 0 aliphatic heterocycles. The van der Waals surface area contributed by atoms with Gasteiger partial charge in [0.15, 0.2) is 0 Å². The molecular weight excluding hydrogens is 296 g/mol. The standard InChI is InChI=1S/C16H24N4O3/c1-20(2)14-12(4-3-9-17-14)10-18-16(23)19-13-7-5-11(6-8-13)15(21)22/h3-4,9,11,13H,5-8,10H2,1-2H3,(H,21,22)(H2,18,19,23). The highest BCUT2D eigenvalue weighted by Crippen LogP contribution is 2.24. The number of pyridine rings is 1. The van der Waals surface area contributed by atoms with Gasteiger partial charge in [0.1, 0.15) is 5.82 Å². The van der Waals surface area contributed by atoms with Crippen molar-refractivity contribution in [1.82, 2.24) is 15.6 Å². The van der Waals surface area contributed by atoms with Gasteiger partial charge in [0.05, 0.1) is 5.92 Å². The number of urea groups is 1. The van der Waals surface area contributed by atoms with Gasteiger partial charge in [0.2, 0.25) is 0 Å². The van der Waals surface area contributed by atoms with Crippen molar-refractivity contribution in [2.75, 3.05) is 19.0 Å². The van der Waals surface area contributed by atoms with Crippen LogP contribution in [0.5, 0.6) is 0 Å². The maximum Gasteiger partial charge on any atom is 0.315 e. The second kappa shape index (κ2) is 7.80. The highest BCUT2D eigenvalue weighted by molar-refractivity contribution is 5.74. The molecule has 7 heteroatoms. The molecule has 3 N–H and O–H groups in total. The average Bonchev–Trinajstić information content (AvgIpc) is 2.53. The van der Waals surface area contributed by atoms with Crippen molar-refractivity contribution in [2.45, 2.75) is 38.3 Å². The lowest BCUT2D eigenvalue weighted by atomic mass is 9.86. The molecule has 1 aromatic rings. The van der Waals surface area contributed by atoms with Gasteiger partial charge in [0.25, 0.3) is 0 Å². The maximum absolute atomic E-state index is 12.0. The van der Waals surface area contributed by atoms with Gasteiger partial charge in [-0.25, -0.2) is 9.78 Å². The first-order chi connectivity index (χ1) is 11.0. The smallest absolute Gasteiger partial charge is 0.315 e. The highest BCUT2D eigenvalue weighted by atomic mass is 16.4. The molecule has 0 spiro atoms. The number of aliphatic carboxylic acids is 1. The van der Waals surface area contributed by atoms with Gasteiger partial charge in [-0.2, -0.15) is 0 Å². The second-order valence-electron chi connectivity index (χ2n) is 6.09. The minimum atomic E-state index is -0.735. The van der Waals surface area contributed by atoms with E-state index in [2.05, 4.69) is 15.6 Å². The zero-order chi connectivity index (χ0) is 16.8. The van der Waals surface area contributed by atoms with E-state index in [0.717, 1.165) is 11.4 Å². The Morgan fingerprint density at radius 3 is 2.61 bits per heavy atom. The molecular formula is C16H24N4O3. The highest BCUT2D eigenvalue weighted by Gasteiger charge is 2.26. The minimum Gasteiger partial charge on any atom is -0.481 e. The number of carboxylic acids is 1. The van der Waals surface area contributed by atoms with Crippen LogP contribution in [-0.4, -0.2) is 42.2 Å². The molecule has 23 heavy (non-hydrogen) atoms. The van der Waals surface area contributed by atoms with Crippen molar-refractivity contribution < 1.29 is 14.7 Å². The first-order valence-electron chi connectivity index (χ1n) is 7.85. The first kappa shape index (κ1) is 17.1. The van der Waals surface area contributed by atoms with Crippen LogP contribution in [0.2, 0.25) is 0 Å². The van der Waals surface area contributed by atoms with Gasteiger partial charge < -0.3 is 20.6 Å². The van der Waals surface area contributed by atoms with E-state index in [9.17, 15) is 9.59 Å². The summed E-state index contributed by atoms with van der Waals surface area (Å²) in [6, 6.07) is 3.60.